The first-order valence-corrected chi connectivity index (χ1v) is 7.68. The minimum Gasteiger partial charge on any atom is -0.310 e. The van der Waals surface area contributed by atoms with Crippen molar-refractivity contribution < 1.29 is 4.39 Å². The molecule has 1 N–H and O–H groups in total. The summed E-state index contributed by atoms with van der Waals surface area (Å²) < 4.78 is 13.8. The molecule has 0 heterocycles. The van der Waals surface area contributed by atoms with Gasteiger partial charge in [0.05, 0.1) is 4.47 Å². The minimum atomic E-state index is -0.185. The second-order valence-corrected chi connectivity index (χ2v) is 6.02. The van der Waals surface area contributed by atoms with Crippen molar-refractivity contribution in [2.45, 2.75) is 45.1 Å². The van der Waals surface area contributed by atoms with Gasteiger partial charge >= 0.3 is 0 Å². The molecule has 0 spiro atoms. The molecule has 1 atom stereocenters. The van der Waals surface area contributed by atoms with E-state index < -0.39 is 0 Å². The van der Waals surface area contributed by atoms with Gasteiger partial charge in [-0.2, -0.15) is 0 Å². The van der Waals surface area contributed by atoms with Crippen LogP contribution in [0.1, 0.15) is 50.6 Å². The van der Waals surface area contributed by atoms with Gasteiger partial charge in [-0.05, 0) is 52.5 Å². The van der Waals surface area contributed by atoms with Crippen LogP contribution >= 0.6 is 15.9 Å². The molecule has 0 aliphatic heterocycles. The second-order valence-electron chi connectivity index (χ2n) is 5.17. The van der Waals surface area contributed by atoms with E-state index in [1.165, 1.54) is 37.7 Å². The van der Waals surface area contributed by atoms with E-state index >= 15 is 0 Å². The van der Waals surface area contributed by atoms with E-state index in [4.69, 9.17) is 0 Å². The summed E-state index contributed by atoms with van der Waals surface area (Å²) >= 11 is 3.28. The fraction of sp³-hybridized carbons (Fsp3) is 0.600. The van der Waals surface area contributed by atoms with Crippen LogP contribution in [0.4, 0.5) is 4.39 Å². The van der Waals surface area contributed by atoms with Crippen LogP contribution in [0.25, 0.3) is 0 Å². The zero-order valence-electron chi connectivity index (χ0n) is 10.9. The lowest BCUT2D eigenvalue weighted by Crippen LogP contribution is -2.23. The molecule has 1 nitrogen and oxygen atoms in total. The van der Waals surface area contributed by atoms with Crippen LogP contribution in [-0.2, 0) is 0 Å². The molecule has 0 radical (unpaired) electrons. The van der Waals surface area contributed by atoms with E-state index in [9.17, 15) is 4.39 Å². The predicted molar refractivity (Wildman–Crippen MR) is 77.1 cm³/mol. The molecule has 1 fully saturated rings. The Kier molecular flexibility index (Phi) is 5.19. The Morgan fingerprint density at radius 3 is 2.72 bits per heavy atom. The van der Waals surface area contributed by atoms with Crippen LogP contribution in [0.5, 0.6) is 0 Å². The summed E-state index contributed by atoms with van der Waals surface area (Å²) in [6.07, 6.45) is 6.62. The van der Waals surface area contributed by atoms with Gasteiger partial charge in [0.1, 0.15) is 5.82 Å². The van der Waals surface area contributed by atoms with Gasteiger partial charge in [-0.1, -0.05) is 38.7 Å². The third-order valence-corrected chi connectivity index (χ3v) is 4.45. The molecule has 0 amide bonds. The summed E-state index contributed by atoms with van der Waals surface area (Å²) in [6, 6.07) is 5.73. The molecule has 100 valence electrons. The Hall–Kier alpha value is -0.410. The maximum atomic E-state index is 13.3. The van der Waals surface area contributed by atoms with E-state index in [0.717, 1.165) is 12.5 Å². The van der Waals surface area contributed by atoms with Crippen LogP contribution in [-0.4, -0.2) is 6.54 Å². The van der Waals surface area contributed by atoms with Crippen LogP contribution in [0.2, 0.25) is 0 Å². The van der Waals surface area contributed by atoms with Gasteiger partial charge in [-0.3, -0.25) is 0 Å². The highest BCUT2D eigenvalue weighted by molar-refractivity contribution is 9.10. The number of hydrogen-bond acceptors (Lipinski definition) is 1. The SMILES string of the molecule is CCNC(CC1CCCC1)c1ccc(F)c(Br)c1. The molecule has 0 bridgehead atoms. The van der Waals surface area contributed by atoms with Gasteiger partial charge < -0.3 is 5.32 Å². The minimum absolute atomic E-state index is 0.185. The van der Waals surface area contributed by atoms with Crippen molar-refractivity contribution in [2.75, 3.05) is 6.54 Å². The third-order valence-electron chi connectivity index (χ3n) is 3.84. The van der Waals surface area contributed by atoms with Gasteiger partial charge in [0.2, 0.25) is 0 Å². The first kappa shape index (κ1) is 14.0. The Morgan fingerprint density at radius 1 is 1.39 bits per heavy atom. The van der Waals surface area contributed by atoms with Gasteiger partial charge in [0.15, 0.2) is 0 Å². The molecule has 18 heavy (non-hydrogen) atoms. The lowest BCUT2D eigenvalue weighted by Gasteiger charge is -2.22. The number of nitrogens with one attached hydrogen (secondary N) is 1. The van der Waals surface area contributed by atoms with Crippen molar-refractivity contribution in [3.63, 3.8) is 0 Å². The van der Waals surface area contributed by atoms with Gasteiger partial charge in [0.25, 0.3) is 0 Å². The largest absolute Gasteiger partial charge is 0.310 e. The molecule has 0 aromatic heterocycles. The predicted octanol–water partition coefficient (Wildman–Crippen LogP) is 4.82. The normalized spacial score (nSPS) is 18.2. The fourth-order valence-electron chi connectivity index (χ4n) is 2.89. The van der Waals surface area contributed by atoms with Crippen molar-refractivity contribution in [3.05, 3.63) is 34.1 Å². The highest BCUT2D eigenvalue weighted by atomic mass is 79.9. The summed E-state index contributed by atoms with van der Waals surface area (Å²) in [5.74, 6) is 0.646. The van der Waals surface area contributed by atoms with Crippen LogP contribution in [0, 0.1) is 11.7 Å². The summed E-state index contributed by atoms with van der Waals surface area (Å²) in [6.45, 7) is 3.08. The molecule has 1 aromatic rings. The van der Waals surface area contributed by atoms with Crippen LogP contribution in [0.15, 0.2) is 22.7 Å². The topological polar surface area (TPSA) is 12.0 Å². The monoisotopic (exact) mass is 313 g/mol. The summed E-state index contributed by atoms with van der Waals surface area (Å²) in [4.78, 5) is 0. The van der Waals surface area contributed by atoms with Gasteiger partial charge in [0, 0.05) is 6.04 Å². The number of hydrogen-bond donors (Lipinski definition) is 1. The summed E-state index contributed by atoms with van der Waals surface area (Å²) in [7, 11) is 0. The second kappa shape index (κ2) is 6.67. The number of rotatable bonds is 5. The summed E-state index contributed by atoms with van der Waals surface area (Å²) in [5, 5.41) is 3.53. The molecular weight excluding hydrogens is 293 g/mol. The maximum absolute atomic E-state index is 13.3. The number of benzene rings is 1. The number of halogens is 2. The average molecular weight is 314 g/mol. The molecule has 1 aliphatic rings. The molecule has 0 saturated heterocycles. The summed E-state index contributed by atoms with van der Waals surface area (Å²) in [5.41, 5.74) is 1.19. The Bertz CT molecular complexity index is 388. The van der Waals surface area contributed by atoms with Crippen molar-refractivity contribution in [3.8, 4) is 0 Å². The Balaban J connectivity index is 2.09. The molecule has 1 saturated carbocycles. The lowest BCUT2D eigenvalue weighted by molar-refractivity contribution is 0.400. The molecule has 2 rings (SSSR count). The third kappa shape index (κ3) is 3.55. The standard InChI is InChI=1S/C15H21BrFN/c1-2-18-15(9-11-5-3-4-6-11)12-7-8-14(17)13(16)10-12/h7-8,10-11,15,18H,2-6,9H2,1H3. The van der Waals surface area contributed by atoms with Gasteiger partial charge in [-0.15, -0.1) is 0 Å². The van der Waals surface area contributed by atoms with E-state index in [1.54, 1.807) is 6.07 Å². The molecular formula is C15H21BrFN. The highest BCUT2D eigenvalue weighted by Gasteiger charge is 2.21. The van der Waals surface area contributed by atoms with Crippen LogP contribution < -0.4 is 5.32 Å². The van der Waals surface area contributed by atoms with Crippen molar-refractivity contribution in [1.82, 2.24) is 5.32 Å². The maximum Gasteiger partial charge on any atom is 0.137 e. The van der Waals surface area contributed by atoms with E-state index in [2.05, 4.69) is 28.2 Å². The van der Waals surface area contributed by atoms with Crippen molar-refractivity contribution in [2.24, 2.45) is 5.92 Å². The van der Waals surface area contributed by atoms with E-state index in [0.29, 0.717) is 10.5 Å². The van der Waals surface area contributed by atoms with E-state index in [-0.39, 0.29) is 5.82 Å². The molecule has 1 unspecified atom stereocenters. The first-order valence-electron chi connectivity index (χ1n) is 6.89. The van der Waals surface area contributed by atoms with Crippen molar-refractivity contribution >= 4 is 15.9 Å². The zero-order valence-corrected chi connectivity index (χ0v) is 12.5. The highest BCUT2D eigenvalue weighted by Crippen LogP contribution is 2.33. The van der Waals surface area contributed by atoms with E-state index in [1.807, 2.05) is 12.1 Å². The first-order chi connectivity index (χ1) is 8.70. The smallest absolute Gasteiger partial charge is 0.137 e. The Labute approximate surface area is 117 Å². The van der Waals surface area contributed by atoms with Crippen LogP contribution in [0.3, 0.4) is 0 Å². The molecule has 1 aromatic carbocycles. The van der Waals surface area contributed by atoms with Crippen molar-refractivity contribution in [1.29, 1.82) is 0 Å². The fourth-order valence-corrected chi connectivity index (χ4v) is 3.29. The molecule has 3 heteroatoms. The van der Waals surface area contributed by atoms with Gasteiger partial charge in [-0.25, -0.2) is 4.39 Å². The average Bonchev–Trinajstić information content (AvgIpc) is 2.85. The zero-order chi connectivity index (χ0) is 13.0. The lowest BCUT2D eigenvalue weighted by atomic mass is 9.93. The quantitative estimate of drug-likeness (QED) is 0.821. The Morgan fingerprint density at radius 2 is 2.11 bits per heavy atom. The molecule has 1 aliphatic carbocycles.